The number of aliphatic imine (C=N–C) groups is 1. The van der Waals surface area contributed by atoms with Gasteiger partial charge in [0.2, 0.25) is 0 Å². The minimum Gasteiger partial charge on any atom is -0.379 e. The molecule has 0 saturated carbocycles. The number of halogens is 1. The molecule has 1 aliphatic rings. The van der Waals surface area contributed by atoms with Gasteiger partial charge in [0.1, 0.15) is 0 Å². The number of rotatable bonds is 7. The normalized spacial score (nSPS) is 16.4. The quantitative estimate of drug-likeness (QED) is 0.361. The maximum Gasteiger partial charge on any atom is 0.188 e. The zero-order chi connectivity index (χ0) is 18.0. The average molecular weight is 481 g/mol. The summed E-state index contributed by atoms with van der Waals surface area (Å²) in [7, 11) is 0. The fraction of sp³-hybridized carbons (Fsp3) is 0.400. The zero-order valence-corrected chi connectivity index (χ0v) is 17.8. The summed E-state index contributed by atoms with van der Waals surface area (Å²) in [5.41, 5.74) is 8.38. The second-order valence-electron chi connectivity index (χ2n) is 6.30. The first-order valence-electron chi connectivity index (χ1n) is 9.13. The number of aromatic nitrogens is 1. The minimum absolute atomic E-state index is 0. The smallest absolute Gasteiger partial charge is 0.188 e. The molecule has 1 fully saturated rings. The Morgan fingerprint density at radius 3 is 2.59 bits per heavy atom. The molecule has 1 saturated heterocycles. The molecule has 7 heteroatoms. The van der Waals surface area contributed by atoms with Gasteiger partial charge in [-0.3, -0.25) is 14.9 Å². The van der Waals surface area contributed by atoms with Crippen LogP contribution in [0.25, 0.3) is 0 Å². The van der Waals surface area contributed by atoms with Crippen LogP contribution in [0.4, 0.5) is 0 Å². The molecular weight excluding hydrogens is 453 g/mol. The molecule has 146 valence electrons. The molecule has 1 unspecified atom stereocenters. The van der Waals surface area contributed by atoms with Crippen LogP contribution >= 0.6 is 24.0 Å². The highest BCUT2D eigenvalue weighted by molar-refractivity contribution is 14.0. The standard InChI is InChI=1S/C20H27N5O.HI/c21-20(23-11-9-18-8-4-5-10-22-18)24-16-19(17-6-2-1-3-7-17)25-12-14-26-15-13-25;/h1-8,10,19H,9,11-16H2,(H3,21,23,24);1H. The van der Waals surface area contributed by atoms with E-state index in [-0.39, 0.29) is 30.0 Å². The first-order valence-corrected chi connectivity index (χ1v) is 9.13. The predicted molar refractivity (Wildman–Crippen MR) is 119 cm³/mol. The average Bonchev–Trinajstić information content (AvgIpc) is 2.71. The molecule has 27 heavy (non-hydrogen) atoms. The molecule has 1 aromatic heterocycles. The van der Waals surface area contributed by atoms with Crippen LogP contribution in [-0.2, 0) is 11.2 Å². The number of pyridine rings is 1. The third kappa shape index (κ3) is 7.08. The Bertz CT molecular complexity index is 677. The van der Waals surface area contributed by atoms with Gasteiger partial charge >= 0.3 is 0 Å². The number of benzene rings is 1. The van der Waals surface area contributed by atoms with Crippen LogP contribution in [0.1, 0.15) is 17.3 Å². The lowest BCUT2D eigenvalue weighted by atomic mass is 10.1. The molecule has 1 aliphatic heterocycles. The Kier molecular flexibility index (Phi) is 9.51. The molecule has 0 spiro atoms. The number of guanidine groups is 1. The largest absolute Gasteiger partial charge is 0.379 e. The maximum absolute atomic E-state index is 6.07. The van der Waals surface area contributed by atoms with E-state index in [1.54, 1.807) is 6.20 Å². The van der Waals surface area contributed by atoms with Crippen molar-refractivity contribution in [1.29, 1.82) is 0 Å². The Balaban J connectivity index is 0.00000261. The summed E-state index contributed by atoms with van der Waals surface area (Å²) in [4.78, 5) is 11.3. The number of morpholine rings is 1. The fourth-order valence-corrected chi connectivity index (χ4v) is 3.10. The summed E-state index contributed by atoms with van der Waals surface area (Å²) < 4.78 is 5.49. The van der Waals surface area contributed by atoms with Crippen molar-refractivity contribution in [2.75, 3.05) is 39.4 Å². The first kappa shape index (κ1) is 21.6. The molecule has 1 atom stereocenters. The minimum atomic E-state index is 0. The first-order chi connectivity index (χ1) is 12.8. The summed E-state index contributed by atoms with van der Waals surface area (Å²) >= 11 is 0. The number of nitrogens with zero attached hydrogens (tertiary/aromatic N) is 3. The van der Waals surface area contributed by atoms with Crippen LogP contribution < -0.4 is 11.1 Å². The monoisotopic (exact) mass is 481 g/mol. The Morgan fingerprint density at radius 2 is 1.89 bits per heavy atom. The van der Waals surface area contributed by atoms with Crippen LogP contribution in [0.3, 0.4) is 0 Å². The fourth-order valence-electron chi connectivity index (χ4n) is 3.10. The topological polar surface area (TPSA) is 75.8 Å². The molecule has 0 aliphatic carbocycles. The summed E-state index contributed by atoms with van der Waals surface area (Å²) in [5, 5.41) is 3.19. The van der Waals surface area contributed by atoms with Crippen LogP contribution in [0.15, 0.2) is 59.7 Å². The highest BCUT2D eigenvalue weighted by Crippen LogP contribution is 2.22. The van der Waals surface area contributed by atoms with E-state index in [0.717, 1.165) is 45.0 Å². The number of hydrogen-bond acceptors (Lipinski definition) is 4. The van der Waals surface area contributed by atoms with Crippen molar-refractivity contribution in [2.45, 2.75) is 12.5 Å². The molecule has 0 radical (unpaired) electrons. The van der Waals surface area contributed by atoms with Gasteiger partial charge < -0.3 is 15.8 Å². The van der Waals surface area contributed by atoms with Crippen molar-refractivity contribution in [3.63, 3.8) is 0 Å². The van der Waals surface area contributed by atoms with E-state index < -0.39 is 0 Å². The van der Waals surface area contributed by atoms with Crippen LogP contribution in [0.5, 0.6) is 0 Å². The molecule has 3 N–H and O–H groups in total. The van der Waals surface area contributed by atoms with Crippen molar-refractivity contribution in [1.82, 2.24) is 15.2 Å². The Hall–Kier alpha value is -1.71. The van der Waals surface area contributed by atoms with E-state index in [9.17, 15) is 0 Å². The van der Waals surface area contributed by atoms with Crippen molar-refractivity contribution in [3.05, 3.63) is 66.0 Å². The van der Waals surface area contributed by atoms with Crippen molar-refractivity contribution < 1.29 is 4.74 Å². The highest BCUT2D eigenvalue weighted by atomic mass is 127. The summed E-state index contributed by atoms with van der Waals surface area (Å²) in [6.45, 7) is 4.73. The van der Waals surface area contributed by atoms with Gasteiger partial charge in [-0.2, -0.15) is 0 Å². The van der Waals surface area contributed by atoms with Gasteiger partial charge in [-0.15, -0.1) is 24.0 Å². The summed E-state index contributed by atoms with van der Waals surface area (Å²) in [5.74, 6) is 0.482. The maximum atomic E-state index is 6.07. The second-order valence-corrected chi connectivity index (χ2v) is 6.30. The predicted octanol–water partition coefficient (Wildman–Crippen LogP) is 2.22. The summed E-state index contributed by atoms with van der Waals surface area (Å²) in [6.07, 6.45) is 2.63. The Labute approximate surface area is 178 Å². The summed E-state index contributed by atoms with van der Waals surface area (Å²) in [6, 6.07) is 16.6. The van der Waals surface area contributed by atoms with Crippen LogP contribution in [0, 0.1) is 0 Å². The number of nitrogens with one attached hydrogen (secondary N) is 1. The van der Waals surface area contributed by atoms with Crippen molar-refractivity contribution >= 4 is 29.9 Å². The Morgan fingerprint density at radius 1 is 1.15 bits per heavy atom. The van der Waals surface area contributed by atoms with Crippen LogP contribution in [0.2, 0.25) is 0 Å². The third-order valence-electron chi connectivity index (χ3n) is 4.52. The zero-order valence-electron chi connectivity index (χ0n) is 15.5. The van der Waals surface area contributed by atoms with Crippen molar-refractivity contribution in [3.8, 4) is 0 Å². The van der Waals surface area contributed by atoms with Gasteiger partial charge in [-0.25, -0.2) is 0 Å². The van der Waals surface area contributed by atoms with E-state index in [1.807, 2.05) is 24.3 Å². The van der Waals surface area contributed by atoms with E-state index in [0.29, 0.717) is 12.5 Å². The van der Waals surface area contributed by atoms with E-state index in [1.165, 1.54) is 5.56 Å². The van der Waals surface area contributed by atoms with Gasteiger partial charge in [0.05, 0.1) is 25.8 Å². The number of hydrogen-bond donors (Lipinski definition) is 2. The van der Waals surface area contributed by atoms with Gasteiger partial charge in [-0.05, 0) is 17.7 Å². The number of ether oxygens (including phenoxy) is 1. The highest BCUT2D eigenvalue weighted by Gasteiger charge is 2.22. The lowest BCUT2D eigenvalue weighted by Gasteiger charge is -2.34. The van der Waals surface area contributed by atoms with E-state index >= 15 is 0 Å². The second kappa shape index (κ2) is 11.9. The number of nitrogens with two attached hydrogens (primary N) is 1. The molecular formula is C20H28IN5O. The molecule has 1 aromatic carbocycles. The lowest BCUT2D eigenvalue weighted by molar-refractivity contribution is 0.0180. The SMILES string of the molecule is I.NC(=NCC(c1ccccc1)N1CCOCC1)NCCc1ccccn1. The van der Waals surface area contributed by atoms with E-state index in [4.69, 9.17) is 10.5 Å². The molecule has 3 rings (SSSR count). The molecule has 0 amide bonds. The van der Waals surface area contributed by atoms with Gasteiger partial charge in [0.25, 0.3) is 0 Å². The van der Waals surface area contributed by atoms with E-state index in [2.05, 4.69) is 44.5 Å². The van der Waals surface area contributed by atoms with Crippen molar-refractivity contribution in [2.24, 2.45) is 10.7 Å². The lowest BCUT2D eigenvalue weighted by Crippen LogP contribution is -2.41. The van der Waals surface area contributed by atoms with Gasteiger partial charge in [0, 0.05) is 37.9 Å². The molecule has 2 heterocycles. The molecule has 2 aromatic rings. The van der Waals surface area contributed by atoms with Gasteiger partial charge in [0.15, 0.2) is 5.96 Å². The molecule has 6 nitrogen and oxygen atoms in total. The van der Waals surface area contributed by atoms with Gasteiger partial charge in [-0.1, -0.05) is 36.4 Å². The third-order valence-corrected chi connectivity index (χ3v) is 4.52. The van der Waals surface area contributed by atoms with Crippen LogP contribution in [-0.4, -0.2) is 55.2 Å². The molecule has 0 bridgehead atoms.